The lowest BCUT2D eigenvalue weighted by molar-refractivity contribution is -0.134. The van der Waals surface area contributed by atoms with E-state index in [2.05, 4.69) is 44.5 Å². The van der Waals surface area contributed by atoms with Crippen LogP contribution in [0.1, 0.15) is 50.4 Å². The van der Waals surface area contributed by atoms with Gasteiger partial charge in [-0.25, -0.2) is 0 Å². The molecular weight excluding hydrogens is 428 g/mol. The Morgan fingerprint density at radius 1 is 1.15 bits per heavy atom. The summed E-state index contributed by atoms with van der Waals surface area (Å²) in [5.41, 5.74) is 8.34. The second-order valence-corrected chi connectivity index (χ2v) is 10.7. The highest BCUT2D eigenvalue weighted by Crippen LogP contribution is 2.57. The van der Waals surface area contributed by atoms with Crippen LogP contribution in [0.25, 0.3) is 0 Å². The number of amides is 1. The minimum absolute atomic E-state index is 0.0310. The SMILES string of the molecule is CC(C)[C@@H]1[C@@H]2[C@H](C(=O)N1Cc1ccc3c(c1)OCO3)[C@H](c1ccc(C(=N)N)cc1)N(C)C2(C)C. The summed E-state index contributed by atoms with van der Waals surface area (Å²) in [5.74, 6) is 2.13. The summed E-state index contributed by atoms with van der Waals surface area (Å²) in [6.45, 7) is 9.77. The largest absolute Gasteiger partial charge is 0.454 e. The van der Waals surface area contributed by atoms with Gasteiger partial charge in [0.05, 0.1) is 5.92 Å². The molecule has 2 aromatic carbocycles. The van der Waals surface area contributed by atoms with Gasteiger partial charge in [0, 0.05) is 35.6 Å². The van der Waals surface area contributed by atoms with Gasteiger partial charge in [-0.05, 0) is 50.1 Å². The van der Waals surface area contributed by atoms with Crippen molar-refractivity contribution in [3.05, 3.63) is 59.2 Å². The van der Waals surface area contributed by atoms with E-state index in [1.54, 1.807) is 0 Å². The highest BCUT2D eigenvalue weighted by Gasteiger charge is 2.64. The Hall–Kier alpha value is -3.06. The minimum Gasteiger partial charge on any atom is -0.454 e. The normalized spacial score (nSPS) is 27.5. The first-order valence-electron chi connectivity index (χ1n) is 12.0. The maximum atomic E-state index is 14.1. The summed E-state index contributed by atoms with van der Waals surface area (Å²) in [6.07, 6.45) is 0. The van der Waals surface area contributed by atoms with Crippen molar-refractivity contribution in [3.8, 4) is 11.5 Å². The Labute approximate surface area is 201 Å². The highest BCUT2D eigenvalue weighted by atomic mass is 16.7. The summed E-state index contributed by atoms with van der Waals surface area (Å²) in [5, 5.41) is 7.71. The molecule has 180 valence electrons. The summed E-state index contributed by atoms with van der Waals surface area (Å²) in [4.78, 5) is 18.6. The number of benzene rings is 2. The molecule has 3 aliphatic heterocycles. The van der Waals surface area contributed by atoms with Crippen LogP contribution >= 0.6 is 0 Å². The van der Waals surface area contributed by atoms with E-state index in [9.17, 15) is 4.79 Å². The van der Waals surface area contributed by atoms with Crippen LogP contribution in [0, 0.1) is 23.2 Å². The van der Waals surface area contributed by atoms with Gasteiger partial charge in [-0.2, -0.15) is 0 Å². The second kappa shape index (κ2) is 8.01. The Morgan fingerprint density at radius 3 is 2.47 bits per heavy atom. The van der Waals surface area contributed by atoms with Crippen LogP contribution in [0.2, 0.25) is 0 Å². The van der Waals surface area contributed by atoms with Crippen LogP contribution in [0.4, 0.5) is 0 Å². The smallest absolute Gasteiger partial charge is 0.231 e. The molecule has 5 rings (SSSR count). The number of nitrogens with zero attached hydrogens (tertiary/aromatic N) is 2. The summed E-state index contributed by atoms with van der Waals surface area (Å²) in [6, 6.07) is 13.9. The van der Waals surface area contributed by atoms with Gasteiger partial charge in [0.25, 0.3) is 0 Å². The number of rotatable bonds is 5. The first-order chi connectivity index (χ1) is 16.1. The molecule has 3 heterocycles. The highest BCUT2D eigenvalue weighted by molar-refractivity contribution is 5.95. The Kier molecular flexibility index (Phi) is 5.35. The molecule has 7 heteroatoms. The molecule has 0 spiro atoms. The molecule has 1 amide bonds. The van der Waals surface area contributed by atoms with Gasteiger partial charge in [0.1, 0.15) is 5.84 Å². The Bertz CT molecular complexity index is 1130. The number of hydrogen-bond donors (Lipinski definition) is 2. The third kappa shape index (κ3) is 3.36. The van der Waals surface area contributed by atoms with Crippen molar-refractivity contribution in [3.63, 3.8) is 0 Å². The van der Waals surface area contributed by atoms with Gasteiger partial charge < -0.3 is 20.1 Å². The summed E-state index contributed by atoms with van der Waals surface area (Å²) >= 11 is 0. The predicted molar refractivity (Wildman–Crippen MR) is 131 cm³/mol. The van der Waals surface area contributed by atoms with Gasteiger partial charge in [-0.3, -0.25) is 15.1 Å². The second-order valence-electron chi connectivity index (χ2n) is 10.7. The average molecular weight is 463 g/mol. The average Bonchev–Trinajstić information content (AvgIpc) is 3.42. The summed E-state index contributed by atoms with van der Waals surface area (Å²) < 4.78 is 11.0. The van der Waals surface area contributed by atoms with Crippen molar-refractivity contribution in [2.75, 3.05) is 13.8 Å². The van der Waals surface area contributed by atoms with Crippen molar-refractivity contribution in [2.45, 2.75) is 51.9 Å². The number of ether oxygens (including phenoxy) is 2. The van der Waals surface area contributed by atoms with E-state index in [0.29, 0.717) is 18.0 Å². The van der Waals surface area contributed by atoms with E-state index in [4.69, 9.17) is 20.6 Å². The zero-order valence-corrected chi connectivity index (χ0v) is 20.5. The van der Waals surface area contributed by atoms with Crippen molar-refractivity contribution in [1.82, 2.24) is 9.80 Å². The number of nitrogens with one attached hydrogen (secondary N) is 1. The molecule has 0 aliphatic carbocycles. The van der Waals surface area contributed by atoms with Gasteiger partial charge in [0.2, 0.25) is 12.7 Å². The van der Waals surface area contributed by atoms with Crippen LogP contribution in [0.5, 0.6) is 11.5 Å². The third-order valence-corrected chi connectivity index (χ3v) is 8.20. The fraction of sp³-hybridized carbons (Fsp3) is 0.481. The van der Waals surface area contributed by atoms with E-state index >= 15 is 0 Å². The fourth-order valence-electron chi connectivity index (χ4n) is 6.41. The fourth-order valence-corrected chi connectivity index (χ4v) is 6.41. The standard InChI is InChI=1S/C27H34N4O3/c1-15(2)23-22-21(26(32)31(23)13-16-6-11-19-20(12-16)34-14-33-19)24(30(5)27(22,3)4)17-7-9-18(10-8-17)25(28)29/h6-12,15,21-24H,13-14H2,1-5H3,(H3,28,29)/t21-,22-,23+,24-/m0/s1. The predicted octanol–water partition coefficient (Wildman–Crippen LogP) is 3.76. The molecule has 0 unspecified atom stereocenters. The van der Waals surface area contributed by atoms with E-state index < -0.39 is 0 Å². The Balaban J connectivity index is 1.52. The zero-order valence-electron chi connectivity index (χ0n) is 20.5. The number of likely N-dealkylation sites (tertiary alicyclic amines) is 2. The van der Waals surface area contributed by atoms with Crippen LogP contribution in [0.3, 0.4) is 0 Å². The maximum Gasteiger partial charge on any atom is 0.231 e. The van der Waals surface area contributed by atoms with E-state index in [1.165, 1.54) is 0 Å². The van der Waals surface area contributed by atoms with Gasteiger partial charge in [-0.15, -0.1) is 0 Å². The third-order valence-electron chi connectivity index (χ3n) is 8.20. The zero-order chi connectivity index (χ0) is 24.4. The first-order valence-corrected chi connectivity index (χ1v) is 12.0. The number of nitrogen functional groups attached to an aromatic ring is 1. The Morgan fingerprint density at radius 2 is 1.82 bits per heavy atom. The molecule has 3 aliphatic rings. The molecule has 0 radical (unpaired) electrons. The number of hydrogen-bond acceptors (Lipinski definition) is 5. The molecule has 0 saturated carbocycles. The van der Waals surface area contributed by atoms with E-state index in [0.717, 1.165) is 22.6 Å². The lowest BCUT2D eigenvalue weighted by Gasteiger charge is -2.41. The monoisotopic (exact) mass is 462 g/mol. The molecule has 34 heavy (non-hydrogen) atoms. The molecule has 2 saturated heterocycles. The topological polar surface area (TPSA) is 91.9 Å². The quantitative estimate of drug-likeness (QED) is 0.521. The van der Waals surface area contributed by atoms with Gasteiger partial charge >= 0.3 is 0 Å². The number of carbonyl (C=O) groups excluding carboxylic acids is 1. The van der Waals surface area contributed by atoms with Crippen molar-refractivity contribution in [1.29, 1.82) is 5.41 Å². The maximum absolute atomic E-state index is 14.1. The molecule has 4 atom stereocenters. The van der Waals surface area contributed by atoms with Crippen molar-refractivity contribution in [2.24, 2.45) is 23.5 Å². The lowest BCUT2D eigenvalue weighted by atomic mass is 9.75. The van der Waals surface area contributed by atoms with E-state index in [1.807, 2.05) is 42.5 Å². The van der Waals surface area contributed by atoms with Gasteiger partial charge in [0.15, 0.2) is 11.5 Å². The molecule has 0 bridgehead atoms. The number of carbonyl (C=O) groups is 1. The van der Waals surface area contributed by atoms with Crippen LogP contribution in [-0.4, -0.2) is 47.0 Å². The molecule has 0 aromatic heterocycles. The number of fused-ring (bicyclic) bond motifs is 2. The molecule has 3 N–H and O–H groups in total. The number of nitrogens with two attached hydrogens (primary N) is 1. The van der Waals surface area contributed by atoms with Crippen LogP contribution in [0.15, 0.2) is 42.5 Å². The first kappa shape index (κ1) is 22.7. The van der Waals surface area contributed by atoms with Crippen LogP contribution < -0.4 is 15.2 Å². The number of amidine groups is 1. The summed E-state index contributed by atoms with van der Waals surface area (Å²) in [7, 11) is 2.13. The van der Waals surface area contributed by atoms with Crippen molar-refractivity contribution < 1.29 is 14.3 Å². The van der Waals surface area contributed by atoms with E-state index in [-0.39, 0.29) is 48.0 Å². The molecule has 7 nitrogen and oxygen atoms in total. The van der Waals surface area contributed by atoms with Crippen molar-refractivity contribution >= 4 is 11.7 Å². The van der Waals surface area contributed by atoms with Crippen LogP contribution in [-0.2, 0) is 11.3 Å². The molecular formula is C27H34N4O3. The molecule has 2 fully saturated rings. The molecule has 2 aromatic rings. The lowest BCUT2D eigenvalue weighted by Crippen LogP contribution is -2.50. The van der Waals surface area contributed by atoms with Gasteiger partial charge in [-0.1, -0.05) is 44.2 Å². The minimum atomic E-state index is -0.164.